The van der Waals surface area contributed by atoms with E-state index in [2.05, 4.69) is 13.5 Å². The van der Waals surface area contributed by atoms with Gasteiger partial charge >= 0.3 is 0 Å². The Morgan fingerprint density at radius 3 is 2.62 bits per heavy atom. The summed E-state index contributed by atoms with van der Waals surface area (Å²) in [5.41, 5.74) is 6.62. The predicted molar refractivity (Wildman–Crippen MR) is 58.6 cm³/mol. The van der Waals surface area contributed by atoms with Crippen LogP contribution in [0.1, 0.15) is 51.9 Å². The van der Waals surface area contributed by atoms with Crippen molar-refractivity contribution in [3.8, 4) is 0 Å². The number of rotatable bonds is 7. The third kappa shape index (κ3) is 3.51. The van der Waals surface area contributed by atoms with Gasteiger partial charge < -0.3 is 5.73 Å². The Balaban J connectivity index is 1.96. The number of hydrogen-bond donors (Lipinski definition) is 1. The van der Waals surface area contributed by atoms with Gasteiger partial charge in [0.1, 0.15) is 0 Å². The first kappa shape index (κ1) is 10.8. The fourth-order valence-electron chi connectivity index (χ4n) is 1.75. The molecular weight excluding hydrogens is 158 g/mol. The molecule has 0 radical (unpaired) electrons. The standard InChI is InChI=1S/C12H23N/c1-3-4-5-6-7-8-11(13)12(2)9-10-12/h3,11H,1,4-10,13H2,2H3. The van der Waals surface area contributed by atoms with Crippen molar-refractivity contribution in [2.45, 2.75) is 57.9 Å². The lowest BCUT2D eigenvalue weighted by Crippen LogP contribution is -2.29. The van der Waals surface area contributed by atoms with E-state index in [9.17, 15) is 0 Å². The number of nitrogens with two attached hydrogens (primary N) is 1. The fraction of sp³-hybridized carbons (Fsp3) is 0.833. The SMILES string of the molecule is C=CCCCCCC(N)C1(C)CC1. The molecule has 1 unspecified atom stereocenters. The highest BCUT2D eigenvalue weighted by Gasteiger charge is 2.42. The van der Waals surface area contributed by atoms with Crippen LogP contribution >= 0.6 is 0 Å². The predicted octanol–water partition coefficient (Wildman–Crippen LogP) is 3.25. The van der Waals surface area contributed by atoms with Crippen molar-refractivity contribution >= 4 is 0 Å². The third-order valence-corrected chi connectivity index (χ3v) is 3.36. The van der Waals surface area contributed by atoms with E-state index in [1.165, 1.54) is 38.5 Å². The van der Waals surface area contributed by atoms with E-state index in [0.29, 0.717) is 11.5 Å². The van der Waals surface area contributed by atoms with Crippen LogP contribution in [0.2, 0.25) is 0 Å². The molecule has 0 aromatic heterocycles. The van der Waals surface area contributed by atoms with Crippen LogP contribution in [-0.2, 0) is 0 Å². The van der Waals surface area contributed by atoms with E-state index in [1.807, 2.05) is 6.08 Å². The molecule has 1 atom stereocenters. The van der Waals surface area contributed by atoms with Gasteiger partial charge in [-0.15, -0.1) is 6.58 Å². The summed E-state index contributed by atoms with van der Waals surface area (Å²) >= 11 is 0. The van der Waals surface area contributed by atoms with Crippen molar-refractivity contribution in [2.24, 2.45) is 11.1 Å². The second-order valence-corrected chi connectivity index (χ2v) is 4.69. The van der Waals surface area contributed by atoms with Gasteiger partial charge in [0.25, 0.3) is 0 Å². The molecule has 0 bridgehead atoms. The number of allylic oxidation sites excluding steroid dienone is 1. The molecule has 0 aromatic carbocycles. The molecule has 1 fully saturated rings. The van der Waals surface area contributed by atoms with Crippen LogP contribution in [0.15, 0.2) is 12.7 Å². The van der Waals surface area contributed by atoms with Crippen LogP contribution in [-0.4, -0.2) is 6.04 Å². The van der Waals surface area contributed by atoms with Crippen LogP contribution < -0.4 is 5.73 Å². The van der Waals surface area contributed by atoms with Gasteiger partial charge in [-0.25, -0.2) is 0 Å². The topological polar surface area (TPSA) is 26.0 Å². The lowest BCUT2D eigenvalue weighted by molar-refractivity contribution is 0.397. The number of hydrogen-bond acceptors (Lipinski definition) is 1. The Kier molecular flexibility index (Phi) is 3.98. The summed E-state index contributed by atoms with van der Waals surface area (Å²) in [7, 11) is 0. The van der Waals surface area contributed by atoms with Gasteiger partial charge in [-0.3, -0.25) is 0 Å². The first-order valence-electron chi connectivity index (χ1n) is 5.55. The highest BCUT2D eigenvalue weighted by atomic mass is 14.7. The average molecular weight is 181 g/mol. The van der Waals surface area contributed by atoms with E-state index in [1.54, 1.807) is 0 Å². The first-order valence-corrected chi connectivity index (χ1v) is 5.55. The van der Waals surface area contributed by atoms with E-state index in [0.717, 1.165) is 6.42 Å². The Morgan fingerprint density at radius 1 is 1.38 bits per heavy atom. The highest BCUT2D eigenvalue weighted by Crippen LogP contribution is 2.48. The van der Waals surface area contributed by atoms with Crippen molar-refractivity contribution in [1.82, 2.24) is 0 Å². The van der Waals surface area contributed by atoms with Gasteiger partial charge in [0.15, 0.2) is 0 Å². The van der Waals surface area contributed by atoms with Crippen molar-refractivity contribution in [3.05, 3.63) is 12.7 Å². The first-order chi connectivity index (χ1) is 6.19. The normalized spacial score (nSPS) is 21.1. The molecule has 2 N–H and O–H groups in total. The Hall–Kier alpha value is -0.300. The minimum Gasteiger partial charge on any atom is -0.327 e. The van der Waals surface area contributed by atoms with Gasteiger partial charge in [0.05, 0.1) is 0 Å². The maximum atomic E-state index is 6.11. The second-order valence-electron chi connectivity index (χ2n) is 4.69. The quantitative estimate of drug-likeness (QED) is 0.473. The Morgan fingerprint density at radius 2 is 2.08 bits per heavy atom. The molecule has 0 aliphatic heterocycles. The van der Waals surface area contributed by atoms with Crippen molar-refractivity contribution in [2.75, 3.05) is 0 Å². The molecule has 13 heavy (non-hydrogen) atoms. The lowest BCUT2D eigenvalue weighted by Gasteiger charge is -2.18. The summed E-state index contributed by atoms with van der Waals surface area (Å²) in [6.45, 7) is 6.04. The summed E-state index contributed by atoms with van der Waals surface area (Å²) in [4.78, 5) is 0. The molecule has 1 rings (SSSR count). The summed E-state index contributed by atoms with van der Waals surface area (Å²) in [5, 5.41) is 0. The summed E-state index contributed by atoms with van der Waals surface area (Å²) in [6, 6.07) is 0.455. The van der Waals surface area contributed by atoms with E-state index < -0.39 is 0 Å². The van der Waals surface area contributed by atoms with Gasteiger partial charge in [-0.05, 0) is 37.5 Å². The molecule has 0 saturated heterocycles. The van der Waals surface area contributed by atoms with Gasteiger partial charge in [-0.1, -0.05) is 25.8 Å². The van der Waals surface area contributed by atoms with Crippen molar-refractivity contribution in [1.29, 1.82) is 0 Å². The summed E-state index contributed by atoms with van der Waals surface area (Å²) in [6.07, 6.45) is 11.0. The van der Waals surface area contributed by atoms with Crippen LogP contribution in [0.4, 0.5) is 0 Å². The second kappa shape index (κ2) is 4.80. The monoisotopic (exact) mass is 181 g/mol. The zero-order chi connectivity index (χ0) is 9.73. The summed E-state index contributed by atoms with van der Waals surface area (Å²) < 4.78 is 0. The molecule has 1 saturated carbocycles. The maximum Gasteiger partial charge on any atom is 0.00929 e. The van der Waals surface area contributed by atoms with E-state index in [4.69, 9.17) is 5.73 Å². The van der Waals surface area contributed by atoms with Crippen LogP contribution in [0.25, 0.3) is 0 Å². The molecule has 1 nitrogen and oxygen atoms in total. The molecule has 76 valence electrons. The molecule has 0 heterocycles. The van der Waals surface area contributed by atoms with Gasteiger partial charge in [-0.2, -0.15) is 0 Å². The van der Waals surface area contributed by atoms with Gasteiger partial charge in [0, 0.05) is 6.04 Å². The minimum atomic E-state index is 0.455. The molecule has 1 aliphatic rings. The molecule has 1 heteroatoms. The lowest BCUT2D eigenvalue weighted by atomic mass is 9.94. The maximum absolute atomic E-state index is 6.11. The van der Waals surface area contributed by atoms with Gasteiger partial charge in [0.2, 0.25) is 0 Å². The molecule has 0 amide bonds. The Labute approximate surface area is 82.4 Å². The van der Waals surface area contributed by atoms with Crippen molar-refractivity contribution in [3.63, 3.8) is 0 Å². The molecular formula is C12H23N. The number of unbranched alkanes of at least 4 members (excludes halogenated alkanes) is 3. The smallest absolute Gasteiger partial charge is 0.00929 e. The highest BCUT2D eigenvalue weighted by molar-refractivity contribution is 4.96. The molecule has 1 aliphatic carbocycles. The van der Waals surface area contributed by atoms with Crippen LogP contribution in [0.5, 0.6) is 0 Å². The third-order valence-electron chi connectivity index (χ3n) is 3.36. The molecule has 0 spiro atoms. The summed E-state index contributed by atoms with van der Waals surface area (Å²) in [5.74, 6) is 0. The fourth-order valence-corrected chi connectivity index (χ4v) is 1.75. The van der Waals surface area contributed by atoms with E-state index in [-0.39, 0.29) is 0 Å². The average Bonchev–Trinajstić information content (AvgIpc) is 2.84. The van der Waals surface area contributed by atoms with Crippen LogP contribution in [0, 0.1) is 5.41 Å². The molecule has 0 aromatic rings. The van der Waals surface area contributed by atoms with Crippen LogP contribution in [0.3, 0.4) is 0 Å². The van der Waals surface area contributed by atoms with Crippen molar-refractivity contribution < 1.29 is 0 Å². The zero-order valence-corrected chi connectivity index (χ0v) is 8.89. The van der Waals surface area contributed by atoms with E-state index >= 15 is 0 Å². The Bertz CT molecular complexity index is 159. The largest absolute Gasteiger partial charge is 0.327 e. The zero-order valence-electron chi connectivity index (χ0n) is 8.89. The minimum absolute atomic E-state index is 0.455.